The summed E-state index contributed by atoms with van der Waals surface area (Å²) in [6, 6.07) is 0.543. The average molecular weight is 287 g/mol. The predicted molar refractivity (Wildman–Crippen MR) is 82.0 cm³/mol. The molecule has 1 aliphatic rings. The van der Waals surface area contributed by atoms with E-state index >= 15 is 0 Å². The molecule has 0 aliphatic heterocycles. The Bertz CT molecular complexity index is 232. The molecule has 3 unspecified atom stereocenters. The highest BCUT2D eigenvalue weighted by Crippen LogP contribution is 2.27. The Balaban J connectivity index is 2.18. The fourth-order valence-electron chi connectivity index (χ4n) is 3.09. The van der Waals surface area contributed by atoms with Crippen LogP contribution in [0.3, 0.4) is 0 Å². The van der Waals surface area contributed by atoms with Crippen molar-refractivity contribution in [3.63, 3.8) is 0 Å². The molecule has 0 spiro atoms. The summed E-state index contributed by atoms with van der Waals surface area (Å²) in [6.45, 7) is 5.75. The fourth-order valence-corrected chi connectivity index (χ4v) is 3.09. The highest BCUT2D eigenvalue weighted by atomic mass is 16.5. The van der Waals surface area contributed by atoms with E-state index < -0.39 is 6.10 Å². The SMILES string of the molecule is CCC(NCC(O)COC(C)COC)C1CCCCC1. The normalized spacial score (nSPS) is 21.6. The Kier molecular flexibility index (Phi) is 9.44. The van der Waals surface area contributed by atoms with E-state index in [0.717, 1.165) is 12.3 Å². The van der Waals surface area contributed by atoms with Crippen molar-refractivity contribution < 1.29 is 14.6 Å². The van der Waals surface area contributed by atoms with Gasteiger partial charge in [0, 0.05) is 19.7 Å². The molecule has 0 bridgehead atoms. The van der Waals surface area contributed by atoms with Gasteiger partial charge in [-0.25, -0.2) is 0 Å². The van der Waals surface area contributed by atoms with Crippen LogP contribution in [-0.4, -0.2) is 50.2 Å². The lowest BCUT2D eigenvalue weighted by Crippen LogP contribution is -2.42. The minimum absolute atomic E-state index is 0.0370. The molecular weight excluding hydrogens is 254 g/mol. The third-order valence-corrected chi connectivity index (χ3v) is 4.25. The largest absolute Gasteiger partial charge is 0.389 e. The molecule has 1 fully saturated rings. The lowest BCUT2D eigenvalue weighted by molar-refractivity contribution is -0.0321. The maximum absolute atomic E-state index is 9.98. The van der Waals surface area contributed by atoms with E-state index in [2.05, 4.69) is 12.2 Å². The molecule has 3 atom stereocenters. The number of hydrogen-bond acceptors (Lipinski definition) is 4. The van der Waals surface area contributed by atoms with Crippen LogP contribution >= 0.6 is 0 Å². The monoisotopic (exact) mass is 287 g/mol. The maximum Gasteiger partial charge on any atom is 0.0897 e. The van der Waals surface area contributed by atoms with Crippen molar-refractivity contribution in [3.8, 4) is 0 Å². The van der Waals surface area contributed by atoms with Crippen LogP contribution in [0.4, 0.5) is 0 Å². The van der Waals surface area contributed by atoms with E-state index in [9.17, 15) is 5.11 Å². The van der Waals surface area contributed by atoms with Crippen LogP contribution in [0.2, 0.25) is 0 Å². The van der Waals surface area contributed by atoms with Crippen molar-refractivity contribution in [2.24, 2.45) is 5.92 Å². The van der Waals surface area contributed by atoms with Gasteiger partial charge in [0.1, 0.15) is 0 Å². The molecule has 0 amide bonds. The van der Waals surface area contributed by atoms with Crippen LogP contribution in [-0.2, 0) is 9.47 Å². The molecule has 0 aromatic heterocycles. The number of ether oxygens (including phenoxy) is 2. The topological polar surface area (TPSA) is 50.7 Å². The molecule has 4 nitrogen and oxygen atoms in total. The van der Waals surface area contributed by atoms with Crippen molar-refractivity contribution in [3.05, 3.63) is 0 Å². The molecule has 0 heterocycles. The Morgan fingerprint density at radius 3 is 2.50 bits per heavy atom. The summed E-state index contributed by atoms with van der Waals surface area (Å²) in [5.74, 6) is 0.786. The standard InChI is InChI=1S/C16H33NO3/c1-4-16(14-8-6-5-7-9-14)17-10-15(18)12-20-13(2)11-19-3/h13-18H,4-12H2,1-3H3. The molecule has 1 rings (SSSR count). The number of methoxy groups -OCH3 is 1. The van der Waals surface area contributed by atoms with Crippen LogP contribution in [0.25, 0.3) is 0 Å². The molecule has 20 heavy (non-hydrogen) atoms. The quantitative estimate of drug-likeness (QED) is 0.647. The summed E-state index contributed by atoms with van der Waals surface area (Å²) in [5.41, 5.74) is 0. The molecule has 0 radical (unpaired) electrons. The number of rotatable bonds is 10. The van der Waals surface area contributed by atoms with Gasteiger partial charge in [0.15, 0.2) is 0 Å². The molecule has 2 N–H and O–H groups in total. The lowest BCUT2D eigenvalue weighted by Gasteiger charge is -2.31. The Morgan fingerprint density at radius 2 is 1.90 bits per heavy atom. The third kappa shape index (κ3) is 7.02. The second-order valence-corrected chi connectivity index (χ2v) is 6.07. The first-order valence-corrected chi connectivity index (χ1v) is 8.19. The minimum Gasteiger partial charge on any atom is -0.389 e. The van der Waals surface area contributed by atoms with Gasteiger partial charge in [0.25, 0.3) is 0 Å². The first-order valence-electron chi connectivity index (χ1n) is 8.19. The minimum atomic E-state index is -0.438. The Morgan fingerprint density at radius 1 is 1.20 bits per heavy atom. The molecule has 120 valence electrons. The van der Waals surface area contributed by atoms with Gasteiger partial charge in [-0.15, -0.1) is 0 Å². The van der Waals surface area contributed by atoms with Gasteiger partial charge in [-0.3, -0.25) is 0 Å². The summed E-state index contributed by atoms with van der Waals surface area (Å²) in [4.78, 5) is 0. The van der Waals surface area contributed by atoms with Crippen LogP contribution < -0.4 is 5.32 Å². The molecule has 0 aromatic rings. The zero-order valence-electron chi connectivity index (χ0n) is 13.4. The highest BCUT2D eigenvalue weighted by Gasteiger charge is 2.22. The number of nitrogens with one attached hydrogen (secondary N) is 1. The average Bonchev–Trinajstić information content (AvgIpc) is 2.47. The zero-order chi connectivity index (χ0) is 14.8. The second-order valence-electron chi connectivity index (χ2n) is 6.07. The number of hydrogen-bond donors (Lipinski definition) is 2. The summed E-state index contributed by atoms with van der Waals surface area (Å²) in [6.07, 6.45) is 7.53. The van der Waals surface area contributed by atoms with E-state index in [1.54, 1.807) is 7.11 Å². The summed E-state index contributed by atoms with van der Waals surface area (Å²) in [5, 5.41) is 13.5. The van der Waals surface area contributed by atoms with Crippen molar-refractivity contribution in [1.82, 2.24) is 5.32 Å². The van der Waals surface area contributed by atoms with E-state index in [4.69, 9.17) is 9.47 Å². The van der Waals surface area contributed by atoms with Crippen LogP contribution in [0.1, 0.15) is 52.4 Å². The van der Waals surface area contributed by atoms with Gasteiger partial charge in [-0.05, 0) is 32.1 Å². The van der Waals surface area contributed by atoms with Crippen LogP contribution in [0.5, 0.6) is 0 Å². The smallest absolute Gasteiger partial charge is 0.0897 e. The third-order valence-electron chi connectivity index (χ3n) is 4.25. The summed E-state index contributed by atoms with van der Waals surface area (Å²) < 4.78 is 10.5. The van der Waals surface area contributed by atoms with E-state index in [-0.39, 0.29) is 6.10 Å². The first kappa shape index (κ1) is 17.9. The van der Waals surface area contributed by atoms with Crippen LogP contribution in [0, 0.1) is 5.92 Å². The van der Waals surface area contributed by atoms with Crippen molar-refractivity contribution in [1.29, 1.82) is 0 Å². The summed E-state index contributed by atoms with van der Waals surface area (Å²) in [7, 11) is 1.66. The van der Waals surface area contributed by atoms with Gasteiger partial charge in [-0.1, -0.05) is 26.2 Å². The van der Waals surface area contributed by atoms with E-state index in [1.807, 2.05) is 6.92 Å². The number of aliphatic hydroxyl groups is 1. The molecular formula is C16H33NO3. The van der Waals surface area contributed by atoms with Gasteiger partial charge in [0.05, 0.1) is 25.4 Å². The van der Waals surface area contributed by atoms with Crippen molar-refractivity contribution in [2.75, 3.05) is 26.9 Å². The van der Waals surface area contributed by atoms with Crippen molar-refractivity contribution in [2.45, 2.75) is 70.6 Å². The highest BCUT2D eigenvalue weighted by molar-refractivity contribution is 4.79. The number of aliphatic hydroxyl groups excluding tert-OH is 1. The molecule has 0 aromatic carbocycles. The van der Waals surface area contributed by atoms with Crippen LogP contribution in [0.15, 0.2) is 0 Å². The fraction of sp³-hybridized carbons (Fsp3) is 1.00. The molecule has 1 aliphatic carbocycles. The van der Waals surface area contributed by atoms with Crippen molar-refractivity contribution >= 4 is 0 Å². The first-order chi connectivity index (χ1) is 9.67. The zero-order valence-corrected chi connectivity index (χ0v) is 13.4. The maximum atomic E-state index is 9.98. The Hall–Kier alpha value is -0.160. The van der Waals surface area contributed by atoms with E-state index in [1.165, 1.54) is 32.1 Å². The predicted octanol–water partition coefficient (Wildman–Crippen LogP) is 2.35. The molecule has 1 saturated carbocycles. The Labute approximate surface area is 124 Å². The van der Waals surface area contributed by atoms with Gasteiger partial charge in [0.2, 0.25) is 0 Å². The lowest BCUT2D eigenvalue weighted by atomic mass is 9.83. The van der Waals surface area contributed by atoms with E-state index in [0.29, 0.717) is 25.8 Å². The summed E-state index contributed by atoms with van der Waals surface area (Å²) >= 11 is 0. The molecule has 4 heteroatoms. The second kappa shape index (κ2) is 10.6. The van der Waals surface area contributed by atoms with Gasteiger partial charge >= 0.3 is 0 Å². The van der Waals surface area contributed by atoms with Gasteiger partial charge < -0.3 is 19.9 Å². The molecule has 0 saturated heterocycles. The van der Waals surface area contributed by atoms with Gasteiger partial charge in [-0.2, -0.15) is 0 Å².